The second-order valence-electron chi connectivity index (χ2n) is 8.75. The van der Waals surface area contributed by atoms with Gasteiger partial charge in [-0.15, -0.1) is 0 Å². The molecule has 176 valence electrons. The molecule has 1 atom stereocenters. The monoisotopic (exact) mass is 480 g/mol. The summed E-state index contributed by atoms with van der Waals surface area (Å²) in [6, 6.07) is 32.2. The van der Waals surface area contributed by atoms with E-state index in [1.54, 1.807) is 13.2 Å². The van der Waals surface area contributed by atoms with Gasteiger partial charge in [-0.05, 0) is 34.8 Å². The van der Waals surface area contributed by atoms with Crippen molar-refractivity contribution >= 4 is 23.0 Å². The highest BCUT2D eigenvalue weighted by Gasteiger charge is 2.44. The summed E-state index contributed by atoms with van der Waals surface area (Å²) in [6.45, 7) is 3.20. The second-order valence-corrected chi connectivity index (χ2v) is 10.1. The number of thioether (sulfide) groups is 1. The molecule has 4 nitrogen and oxygen atoms in total. The van der Waals surface area contributed by atoms with Crippen molar-refractivity contribution < 1.29 is 9.21 Å². The normalized spacial score (nSPS) is 18.0. The van der Waals surface area contributed by atoms with Crippen molar-refractivity contribution in [1.82, 2.24) is 9.88 Å². The number of likely N-dealkylation sites (tertiary alicyclic amines) is 1. The largest absolute Gasteiger partial charge is 0.451 e. The molecule has 1 aliphatic rings. The van der Waals surface area contributed by atoms with Gasteiger partial charge in [-0.1, -0.05) is 103 Å². The Balaban J connectivity index is 1.69. The van der Waals surface area contributed by atoms with Crippen molar-refractivity contribution in [3.05, 3.63) is 132 Å². The number of carbonyl (C=O) groups is 1. The Kier molecular flexibility index (Phi) is 6.98. The molecule has 4 aromatic rings. The molecule has 35 heavy (non-hydrogen) atoms. The van der Waals surface area contributed by atoms with E-state index in [9.17, 15) is 4.79 Å². The van der Waals surface area contributed by atoms with Crippen LogP contribution in [0.25, 0.3) is 6.08 Å². The third-order valence-electron chi connectivity index (χ3n) is 6.59. The van der Waals surface area contributed by atoms with Gasteiger partial charge < -0.3 is 4.42 Å². The lowest BCUT2D eigenvalue weighted by Gasteiger charge is -2.49. The van der Waals surface area contributed by atoms with Crippen LogP contribution in [0.5, 0.6) is 0 Å². The van der Waals surface area contributed by atoms with E-state index < -0.39 is 5.54 Å². The maximum atomic E-state index is 12.1. The minimum Gasteiger partial charge on any atom is -0.451 e. The Morgan fingerprint density at radius 3 is 1.94 bits per heavy atom. The van der Waals surface area contributed by atoms with E-state index in [4.69, 9.17) is 4.42 Å². The van der Waals surface area contributed by atoms with Crippen LogP contribution in [0.1, 0.15) is 35.7 Å². The number of oxazole rings is 1. The minimum absolute atomic E-state index is 0.112. The van der Waals surface area contributed by atoms with E-state index >= 15 is 0 Å². The van der Waals surface area contributed by atoms with Crippen LogP contribution < -0.4 is 0 Å². The summed E-state index contributed by atoms with van der Waals surface area (Å²) in [5, 5.41) is 0.246. The fraction of sp³-hybridized carbons (Fsp3) is 0.200. The Morgan fingerprint density at radius 2 is 1.49 bits per heavy atom. The second kappa shape index (κ2) is 10.5. The fourth-order valence-corrected chi connectivity index (χ4v) is 6.11. The molecule has 2 heterocycles. The first-order valence-corrected chi connectivity index (χ1v) is 12.7. The molecule has 0 N–H and O–H groups in total. The summed E-state index contributed by atoms with van der Waals surface area (Å²) >= 11 is 1.41. The number of nitrogens with zero attached hydrogens (tertiary/aromatic N) is 2. The molecule has 0 radical (unpaired) electrons. The van der Waals surface area contributed by atoms with Crippen LogP contribution in [0.4, 0.5) is 0 Å². The molecular formula is C30H28N2O2S. The predicted octanol–water partition coefficient (Wildman–Crippen LogP) is 6.40. The molecule has 5 heteroatoms. The minimum atomic E-state index is -0.488. The molecule has 0 aliphatic carbocycles. The number of hydrogen-bond acceptors (Lipinski definition) is 5. The molecule has 5 rings (SSSR count). The van der Waals surface area contributed by atoms with Gasteiger partial charge >= 0.3 is 0 Å². The Labute approximate surface area is 210 Å². The molecule has 1 saturated heterocycles. The number of aromatic nitrogens is 1. The Bertz CT molecular complexity index is 1180. The lowest BCUT2D eigenvalue weighted by atomic mass is 9.74. The summed E-state index contributed by atoms with van der Waals surface area (Å²) in [5.74, 6) is 0. The highest BCUT2D eigenvalue weighted by Crippen LogP contribution is 2.45. The fourth-order valence-electron chi connectivity index (χ4n) is 5.19. The van der Waals surface area contributed by atoms with E-state index in [-0.39, 0.29) is 10.4 Å². The quantitative estimate of drug-likeness (QED) is 0.299. The number of hydrogen-bond donors (Lipinski definition) is 0. The van der Waals surface area contributed by atoms with Crippen LogP contribution in [0.15, 0.2) is 114 Å². The lowest BCUT2D eigenvalue weighted by molar-refractivity contribution is -0.109. The Morgan fingerprint density at radius 1 is 0.943 bits per heavy atom. The SMILES string of the molecule is CC(=O)SC1CCN(C(c2ccccc2)(c2ccccc2)c2ccccc2)CC1=Cc1cocn1. The van der Waals surface area contributed by atoms with Crippen LogP contribution in [0, 0.1) is 0 Å². The third-order valence-corrected chi connectivity index (χ3v) is 7.75. The number of piperidine rings is 1. The molecule has 3 aromatic carbocycles. The van der Waals surface area contributed by atoms with E-state index in [0.717, 1.165) is 18.7 Å². The molecule has 0 amide bonds. The van der Waals surface area contributed by atoms with Gasteiger partial charge in [0.05, 0.1) is 5.54 Å². The molecule has 0 saturated carbocycles. The van der Waals surface area contributed by atoms with Crippen molar-refractivity contribution in [2.24, 2.45) is 0 Å². The van der Waals surface area contributed by atoms with E-state index in [1.807, 2.05) is 0 Å². The lowest BCUT2D eigenvalue weighted by Crippen LogP contribution is -2.52. The topological polar surface area (TPSA) is 46.3 Å². The molecule has 1 fully saturated rings. The van der Waals surface area contributed by atoms with Gasteiger partial charge in [0.25, 0.3) is 0 Å². The van der Waals surface area contributed by atoms with Gasteiger partial charge in [-0.2, -0.15) is 0 Å². The van der Waals surface area contributed by atoms with Crippen molar-refractivity contribution in [1.29, 1.82) is 0 Å². The summed E-state index contributed by atoms with van der Waals surface area (Å²) in [4.78, 5) is 19.0. The highest BCUT2D eigenvalue weighted by atomic mass is 32.2. The maximum absolute atomic E-state index is 12.1. The first-order valence-electron chi connectivity index (χ1n) is 11.9. The number of benzene rings is 3. The summed E-state index contributed by atoms with van der Waals surface area (Å²) in [6.07, 6.45) is 6.05. The van der Waals surface area contributed by atoms with Gasteiger partial charge in [-0.3, -0.25) is 9.69 Å². The summed E-state index contributed by atoms with van der Waals surface area (Å²) in [7, 11) is 0. The molecule has 0 spiro atoms. The van der Waals surface area contributed by atoms with Crippen molar-refractivity contribution in [2.45, 2.75) is 24.1 Å². The van der Waals surface area contributed by atoms with Crippen LogP contribution in [-0.4, -0.2) is 33.3 Å². The van der Waals surface area contributed by atoms with Crippen molar-refractivity contribution in [3.63, 3.8) is 0 Å². The molecule has 1 aliphatic heterocycles. The van der Waals surface area contributed by atoms with Crippen LogP contribution in [-0.2, 0) is 10.3 Å². The van der Waals surface area contributed by atoms with Crippen molar-refractivity contribution in [2.75, 3.05) is 13.1 Å². The summed E-state index contributed by atoms with van der Waals surface area (Å²) < 4.78 is 5.23. The van der Waals surface area contributed by atoms with Crippen LogP contribution >= 0.6 is 11.8 Å². The van der Waals surface area contributed by atoms with Gasteiger partial charge in [0.1, 0.15) is 12.0 Å². The van der Waals surface area contributed by atoms with Crippen molar-refractivity contribution in [3.8, 4) is 0 Å². The average Bonchev–Trinajstić information content (AvgIpc) is 3.41. The molecule has 0 bridgehead atoms. The van der Waals surface area contributed by atoms with E-state index in [2.05, 4.69) is 107 Å². The van der Waals surface area contributed by atoms with Crippen LogP contribution in [0.3, 0.4) is 0 Å². The Hall–Kier alpha value is -3.41. The van der Waals surface area contributed by atoms with Crippen LogP contribution in [0.2, 0.25) is 0 Å². The molecule has 1 aromatic heterocycles. The smallest absolute Gasteiger partial charge is 0.186 e. The number of rotatable bonds is 6. The first-order chi connectivity index (χ1) is 17.2. The molecular weight excluding hydrogens is 452 g/mol. The zero-order valence-electron chi connectivity index (χ0n) is 19.7. The zero-order chi connectivity index (χ0) is 24.1. The highest BCUT2D eigenvalue weighted by molar-refractivity contribution is 8.14. The van der Waals surface area contributed by atoms with Gasteiger partial charge in [-0.25, -0.2) is 4.98 Å². The zero-order valence-corrected chi connectivity index (χ0v) is 20.5. The van der Waals surface area contributed by atoms with E-state index in [0.29, 0.717) is 6.54 Å². The van der Waals surface area contributed by atoms with Gasteiger partial charge in [0.15, 0.2) is 11.5 Å². The predicted molar refractivity (Wildman–Crippen MR) is 142 cm³/mol. The maximum Gasteiger partial charge on any atom is 0.186 e. The molecule has 1 unspecified atom stereocenters. The average molecular weight is 481 g/mol. The summed E-state index contributed by atoms with van der Waals surface area (Å²) in [5.41, 5.74) is 5.12. The van der Waals surface area contributed by atoms with E-state index in [1.165, 1.54) is 40.4 Å². The van der Waals surface area contributed by atoms with Gasteiger partial charge in [0, 0.05) is 25.3 Å². The third kappa shape index (κ3) is 4.75. The van der Waals surface area contributed by atoms with Gasteiger partial charge in [0.2, 0.25) is 0 Å². The standard InChI is InChI=1S/C30H28N2O2S/c1-23(33)35-29-17-18-32(20-24(29)19-28-21-34-22-31-28)30(25-11-5-2-6-12-25,26-13-7-3-8-14-26)27-15-9-4-10-16-27/h2-16,19,21-22,29H,17-18,20H2,1H3. The first kappa shape index (κ1) is 23.3. The number of carbonyl (C=O) groups excluding carboxylic acids is 1.